The molecule has 0 aliphatic rings. The summed E-state index contributed by atoms with van der Waals surface area (Å²) in [6, 6.07) is 8.82. The smallest absolute Gasteiger partial charge is 0.246 e. The first-order chi connectivity index (χ1) is 8.09. The molecule has 1 rings (SSSR count). The monoisotopic (exact) mass is 237 g/mol. The Morgan fingerprint density at radius 1 is 1.29 bits per heavy atom. The van der Waals surface area contributed by atoms with Crippen molar-refractivity contribution >= 4 is 11.8 Å². The highest BCUT2D eigenvalue weighted by atomic mass is 16.7. The topological polar surface area (TPSA) is 107 Å². The van der Waals surface area contributed by atoms with Gasteiger partial charge in [-0.15, -0.1) is 0 Å². The normalized spacial score (nSPS) is 11.8. The van der Waals surface area contributed by atoms with Gasteiger partial charge in [0.15, 0.2) is 6.61 Å². The molecule has 5 N–H and O–H groups in total. The number of nitrogens with one attached hydrogen (secondary N) is 1. The van der Waals surface area contributed by atoms with Crippen LogP contribution in [0.5, 0.6) is 0 Å². The molecule has 0 saturated carbocycles. The summed E-state index contributed by atoms with van der Waals surface area (Å²) in [5, 5.41) is 0. The summed E-state index contributed by atoms with van der Waals surface area (Å²) in [6.45, 7) is -0.355. The maximum absolute atomic E-state index is 11.3. The number of rotatable bonds is 6. The van der Waals surface area contributed by atoms with E-state index >= 15 is 0 Å². The van der Waals surface area contributed by atoms with Crippen molar-refractivity contribution in [1.82, 2.24) is 5.48 Å². The molecule has 0 radical (unpaired) electrons. The molecular formula is C11H15N3O3. The van der Waals surface area contributed by atoms with E-state index in [1.54, 1.807) is 0 Å². The maximum Gasteiger partial charge on any atom is 0.246 e. The second-order valence-electron chi connectivity index (χ2n) is 3.50. The Hall–Kier alpha value is -1.92. The highest BCUT2D eigenvalue weighted by Gasteiger charge is 2.11. The Labute approximate surface area is 98.9 Å². The van der Waals surface area contributed by atoms with E-state index in [1.807, 2.05) is 30.3 Å². The summed E-state index contributed by atoms with van der Waals surface area (Å²) in [6.07, 6.45) is 0.0722. The lowest BCUT2D eigenvalue weighted by Gasteiger charge is -2.11. The summed E-state index contributed by atoms with van der Waals surface area (Å²) in [4.78, 5) is 26.2. The third kappa shape index (κ3) is 5.10. The van der Waals surface area contributed by atoms with E-state index in [0.717, 1.165) is 5.56 Å². The molecule has 0 aliphatic carbocycles. The van der Waals surface area contributed by atoms with Crippen molar-refractivity contribution in [1.29, 1.82) is 0 Å². The molecule has 0 aliphatic heterocycles. The minimum absolute atomic E-state index is 0.0722. The number of hydroxylamine groups is 1. The van der Waals surface area contributed by atoms with Crippen LogP contribution in [-0.2, 0) is 14.4 Å². The van der Waals surface area contributed by atoms with Gasteiger partial charge in [0, 0.05) is 12.5 Å². The molecule has 2 amide bonds. The molecule has 0 aromatic heterocycles. The van der Waals surface area contributed by atoms with Crippen molar-refractivity contribution in [2.45, 2.75) is 12.5 Å². The Morgan fingerprint density at radius 3 is 2.53 bits per heavy atom. The quantitative estimate of drug-likeness (QED) is 0.585. The third-order valence-electron chi connectivity index (χ3n) is 2.03. The molecule has 0 spiro atoms. The van der Waals surface area contributed by atoms with Gasteiger partial charge in [-0.25, -0.2) is 5.48 Å². The first-order valence-electron chi connectivity index (χ1n) is 5.09. The number of benzene rings is 1. The van der Waals surface area contributed by atoms with Gasteiger partial charge < -0.3 is 11.5 Å². The molecular weight excluding hydrogens is 222 g/mol. The predicted octanol–water partition coefficient (Wildman–Crippen LogP) is -0.390. The van der Waals surface area contributed by atoms with Crippen LogP contribution in [0, 0.1) is 0 Å². The lowest BCUT2D eigenvalue weighted by molar-refractivity contribution is -0.138. The molecule has 0 heterocycles. The molecule has 0 saturated heterocycles. The van der Waals surface area contributed by atoms with Gasteiger partial charge in [-0.2, -0.15) is 0 Å². The van der Waals surface area contributed by atoms with Crippen LogP contribution >= 0.6 is 0 Å². The Balaban J connectivity index is 2.34. The number of nitrogens with two attached hydrogens (primary N) is 2. The molecule has 6 nitrogen and oxygen atoms in total. The summed E-state index contributed by atoms with van der Waals surface area (Å²) in [5.74, 6) is -1.06. The van der Waals surface area contributed by atoms with Crippen molar-refractivity contribution in [3.05, 3.63) is 35.9 Å². The lowest BCUT2D eigenvalue weighted by atomic mass is 10.1. The molecule has 1 aromatic carbocycles. The number of carbonyl (C=O) groups is 2. The van der Waals surface area contributed by atoms with Gasteiger partial charge in [0.1, 0.15) is 0 Å². The van der Waals surface area contributed by atoms with Crippen molar-refractivity contribution in [3.63, 3.8) is 0 Å². The van der Waals surface area contributed by atoms with Gasteiger partial charge in [0.25, 0.3) is 0 Å². The SMILES string of the molecule is NC(=O)CONC(=O)CC(N)c1ccccc1. The lowest BCUT2D eigenvalue weighted by Crippen LogP contribution is -2.31. The van der Waals surface area contributed by atoms with Crippen LogP contribution in [0.4, 0.5) is 0 Å². The van der Waals surface area contributed by atoms with Gasteiger partial charge in [-0.05, 0) is 5.56 Å². The highest BCUT2D eigenvalue weighted by Crippen LogP contribution is 2.12. The fourth-order valence-electron chi connectivity index (χ4n) is 1.25. The molecule has 6 heteroatoms. The highest BCUT2D eigenvalue weighted by molar-refractivity contribution is 5.77. The standard InChI is InChI=1S/C11H15N3O3/c12-9(8-4-2-1-3-5-8)6-11(16)14-17-7-10(13)15/h1-5,9H,6-7,12H2,(H2,13,15)(H,14,16). The van der Waals surface area contributed by atoms with Crippen LogP contribution in [0.15, 0.2) is 30.3 Å². The van der Waals surface area contributed by atoms with E-state index in [9.17, 15) is 9.59 Å². The zero-order valence-corrected chi connectivity index (χ0v) is 9.26. The van der Waals surface area contributed by atoms with Crippen molar-refractivity contribution in [3.8, 4) is 0 Å². The van der Waals surface area contributed by atoms with Crippen LogP contribution in [0.1, 0.15) is 18.0 Å². The third-order valence-corrected chi connectivity index (χ3v) is 2.03. The van der Waals surface area contributed by atoms with E-state index in [0.29, 0.717) is 0 Å². The van der Waals surface area contributed by atoms with Crippen LogP contribution in [-0.4, -0.2) is 18.4 Å². The largest absolute Gasteiger partial charge is 0.368 e. The van der Waals surface area contributed by atoms with E-state index in [1.165, 1.54) is 0 Å². The van der Waals surface area contributed by atoms with Crippen LogP contribution in [0.2, 0.25) is 0 Å². The first-order valence-corrected chi connectivity index (χ1v) is 5.09. The molecule has 1 atom stereocenters. The van der Waals surface area contributed by atoms with Crippen molar-refractivity contribution in [2.24, 2.45) is 11.5 Å². The number of hydrogen-bond acceptors (Lipinski definition) is 4. The van der Waals surface area contributed by atoms with E-state index in [4.69, 9.17) is 11.5 Å². The molecule has 0 bridgehead atoms. The number of hydrogen-bond donors (Lipinski definition) is 3. The van der Waals surface area contributed by atoms with E-state index in [-0.39, 0.29) is 13.0 Å². The molecule has 92 valence electrons. The minimum atomic E-state index is -0.655. The number of primary amides is 1. The fourth-order valence-corrected chi connectivity index (χ4v) is 1.25. The second kappa shape index (κ2) is 6.62. The average molecular weight is 237 g/mol. The molecule has 1 unspecified atom stereocenters. The summed E-state index contributed by atoms with van der Waals surface area (Å²) in [5.41, 5.74) is 13.6. The Morgan fingerprint density at radius 2 is 1.94 bits per heavy atom. The molecule has 1 aromatic rings. The van der Waals surface area contributed by atoms with Gasteiger partial charge in [0.05, 0.1) is 0 Å². The number of amides is 2. The van der Waals surface area contributed by atoms with Crippen molar-refractivity contribution < 1.29 is 14.4 Å². The van der Waals surface area contributed by atoms with Gasteiger partial charge in [0.2, 0.25) is 11.8 Å². The first kappa shape index (κ1) is 13.1. The van der Waals surface area contributed by atoms with E-state index < -0.39 is 17.9 Å². The van der Waals surface area contributed by atoms with Crippen molar-refractivity contribution in [2.75, 3.05) is 6.61 Å². The van der Waals surface area contributed by atoms with Gasteiger partial charge >= 0.3 is 0 Å². The van der Waals surface area contributed by atoms with Gasteiger partial charge in [-0.3, -0.25) is 14.4 Å². The van der Waals surface area contributed by atoms with E-state index in [2.05, 4.69) is 10.3 Å². The fraction of sp³-hybridized carbons (Fsp3) is 0.273. The maximum atomic E-state index is 11.3. The summed E-state index contributed by atoms with van der Waals surface area (Å²) < 4.78 is 0. The predicted molar refractivity (Wildman–Crippen MR) is 61.3 cm³/mol. The minimum Gasteiger partial charge on any atom is -0.368 e. The summed E-state index contributed by atoms with van der Waals surface area (Å²) in [7, 11) is 0. The Kier molecular flexibility index (Phi) is 5.12. The molecule has 0 fully saturated rings. The van der Waals surface area contributed by atoms with Crippen LogP contribution < -0.4 is 16.9 Å². The zero-order chi connectivity index (χ0) is 12.7. The van der Waals surface area contributed by atoms with Gasteiger partial charge in [-0.1, -0.05) is 30.3 Å². The Bertz CT molecular complexity index is 381. The van der Waals surface area contributed by atoms with Crippen LogP contribution in [0.3, 0.4) is 0 Å². The number of carbonyl (C=O) groups excluding carboxylic acids is 2. The van der Waals surface area contributed by atoms with Crippen LogP contribution in [0.25, 0.3) is 0 Å². The zero-order valence-electron chi connectivity index (χ0n) is 9.26. The summed E-state index contributed by atoms with van der Waals surface area (Å²) >= 11 is 0. The molecule has 17 heavy (non-hydrogen) atoms. The average Bonchev–Trinajstić information content (AvgIpc) is 2.29. The second-order valence-corrected chi connectivity index (χ2v) is 3.50.